The maximum absolute atomic E-state index is 12.2. The van der Waals surface area contributed by atoms with Gasteiger partial charge >= 0.3 is 0 Å². The third-order valence-electron chi connectivity index (χ3n) is 5.46. The van der Waals surface area contributed by atoms with Crippen LogP contribution in [0.15, 0.2) is 72.8 Å². The van der Waals surface area contributed by atoms with Crippen molar-refractivity contribution in [3.05, 3.63) is 88.7 Å². The lowest BCUT2D eigenvalue weighted by Crippen LogP contribution is -2.31. The molecule has 4 aromatic rings. The van der Waals surface area contributed by atoms with Crippen LogP contribution in [0.1, 0.15) is 18.7 Å². The number of aromatic nitrogens is 2. The first-order valence-electron chi connectivity index (χ1n) is 11.6. The Labute approximate surface area is 214 Å². The molecule has 0 aliphatic heterocycles. The van der Waals surface area contributed by atoms with Crippen LogP contribution in [0.25, 0.3) is 11.0 Å². The first-order chi connectivity index (χ1) is 17.1. The Morgan fingerprint density at radius 2 is 1.69 bits per heavy atom. The van der Waals surface area contributed by atoms with Gasteiger partial charge in [0.1, 0.15) is 17.3 Å². The summed E-state index contributed by atoms with van der Waals surface area (Å²) in [6.07, 6.45) is 2.44. The number of para-hydroxylation sites is 3. The molecule has 0 fully saturated rings. The minimum atomic E-state index is -0.181. The number of imidazole rings is 1. The molecule has 1 N–H and O–H groups in total. The molecule has 1 amide bonds. The zero-order chi connectivity index (χ0) is 24.5. The highest BCUT2D eigenvalue weighted by molar-refractivity contribution is 6.32. The predicted octanol–water partition coefficient (Wildman–Crippen LogP) is 5.94. The molecule has 1 aromatic heterocycles. The second-order valence-corrected chi connectivity index (χ2v) is 8.84. The lowest BCUT2D eigenvalue weighted by molar-refractivity contribution is -0.123. The van der Waals surface area contributed by atoms with Gasteiger partial charge in [0.2, 0.25) is 0 Å². The zero-order valence-electron chi connectivity index (χ0n) is 19.3. The van der Waals surface area contributed by atoms with Crippen molar-refractivity contribution in [3.8, 4) is 11.5 Å². The number of amides is 1. The average Bonchev–Trinajstić information content (AvgIpc) is 3.22. The van der Waals surface area contributed by atoms with E-state index in [0.717, 1.165) is 36.2 Å². The second-order valence-electron chi connectivity index (χ2n) is 8.00. The van der Waals surface area contributed by atoms with E-state index in [1.807, 2.05) is 42.5 Å². The highest BCUT2D eigenvalue weighted by atomic mass is 35.5. The molecule has 0 atom stereocenters. The van der Waals surface area contributed by atoms with Gasteiger partial charge in [-0.2, -0.15) is 0 Å². The number of carbonyl (C=O) groups excluding carboxylic acids is 1. The summed E-state index contributed by atoms with van der Waals surface area (Å²) in [5.74, 6) is 2.07. The molecule has 3 aromatic carbocycles. The summed E-state index contributed by atoms with van der Waals surface area (Å²) >= 11 is 12.0. The number of unbranched alkanes of at least 4 members (excludes halogenated alkanes) is 1. The van der Waals surface area contributed by atoms with Crippen LogP contribution in [0.5, 0.6) is 11.5 Å². The maximum atomic E-state index is 12.2. The molecule has 8 heteroatoms. The van der Waals surface area contributed by atoms with Crippen molar-refractivity contribution in [2.75, 3.05) is 19.8 Å². The van der Waals surface area contributed by atoms with E-state index in [2.05, 4.69) is 16.0 Å². The van der Waals surface area contributed by atoms with E-state index < -0.39 is 0 Å². The molecule has 1 heterocycles. The van der Waals surface area contributed by atoms with Crippen molar-refractivity contribution < 1.29 is 14.3 Å². The van der Waals surface area contributed by atoms with Crippen molar-refractivity contribution in [3.63, 3.8) is 0 Å². The molecule has 182 valence electrons. The van der Waals surface area contributed by atoms with Crippen LogP contribution in [0, 0.1) is 0 Å². The predicted molar refractivity (Wildman–Crippen MR) is 140 cm³/mol. The smallest absolute Gasteiger partial charge is 0.257 e. The van der Waals surface area contributed by atoms with Crippen LogP contribution in [-0.2, 0) is 17.8 Å². The number of rotatable bonds is 12. The molecule has 0 bridgehead atoms. The summed E-state index contributed by atoms with van der Waals surface area (Å²) in [5, 5.41) is 4.15. The van der Waals surface area contributed by atoms with E-state index in [1.54, 1.807) is 24.3 Å². The van der Waals surface area contributed by atoms with Gasteiger partial charge in [-0.25, -0.2) is 4.98 Å². The highest BCUT2D eigenvalue weighted by Gasteiger charge is 2.11. The number of ether oxygens (including phenoxy) is 2. The highest BCUT2D eigenvalue weighted by Crippen LogP contribution is 2.23. The molecule has 0 spiro atoms. The van der Waals surface area contributed by atoms with Crippen molar-refractivity contribution in [2.24, 2.45) is 0 Å². The molecule has 0 unspecified atom stereocenters. The summed E-state index contributed by atoms with van der Waals surface area (Å²) in [7, 11) is 0. The van der Waals surface area contributed by atoms with Gasteiger partial charge in [-0.15, -0.1) is 0 Å². The number of aryl methyl sites for hydroxylation is 1. The standard InChI is InChI=1S/C27H27Cl2N3O3/c28-20-11-13-21(14-12-20)35-19-27(33)30-16-15-26-31-23-8-2-3-9-24(23)32(26)17-5-6-18-34-25-10-4-1-7-22(25)29/h1-4,7-14H,5-6,15-19H2,(H,30,33). The Bertz CT molecular complexity index is 1260. The number of hydrogen-bond acceptors (Lipinski definition) is 4. The van der Waals surface area contributed by atoms with Gasteiger partial charge in [0.05, 0.1) is 22.7 Å². The summed E-state index contributed by atoms with van der Waals surface area (Å²) < 4.78 is 13.5. The average molecular weight is 512 g/mol. The van der Waals surface area contributed by atoms with Crippen molar-refractivity contribution in [1.29, 1.82) is 0 Å². The van der Waals surface area contributed by atoms with Crippen LogP contribution in [-0.4, -0.2) is 35.2 Å². The quantitative estimate of drug-likeness (QED) is 0.239. The fourth-order valence-corrected chi connectivity index (χ4v) is 4.04. The fourth-order valence-electron chi connectivity index (χ4n) is 3.73. The molecule has 35 heavy (non-hydrogen) atoms. The number of hydrogen-bond donors (Lipinski definition) is 1. The first kappa shape index (κ1) is 24.9. The first-order valence-corrected chi connectivity index (χ1v) is 12.3. The largest absolute Gasteiger partial charge is 0.492 e. The third kappa shape index (κ3) is 7.13. The van der Waals surface area contributed by atoms with Gasteiger partial charge < -0.3 is 19.4 Å². The molecule has 4 rings (SSSR count). The number of benzene rings is 3. The van der Waals surface area contributed by atoms with Crippen LogP contribution in [0.4, 0.5) is 0 Å². The lowest BCUT2D eigenvalue weighted by Gasteiger charge is -2.11. The Kier molecular flexibility index (Phi) is 8.87. The van der Waals surface area contributed by atoms with Gasteiger partial charge in [0.25, 0.3) is 5.91 Å². The van der Waals surface area contributed by atoms with Crippen LogP contribution in [0.3, 0.4) is 0 Å². The van der Waals surface area contributed by atoms with Gasteiger partial charge in [0, 0.05) is 24.5 Å². The number of nitrogens with one attached hydrogen (secondary N) is 1. The minimum Gasteiger partial charge on any atom is -0.492 e. The third-order valence-corrected chi connectivity index (χ3v) is 6.02. The van der Waals surface area contributed by atoms with E-state index >= 15 is 0 Å². The molecule has 0 aliphatic rings. The maximum Gasteiger partial charge on any atom is 0.257 e. The summed E-state index contributed by atoms with van der Waals surface area (Å²) in [6.45, 7) is 1.83. The number of halogens is 2. The Morgan fingerprint density at radius 1 is 0.914 bits per heavy atom. The monoisotopic (exact) mass is 511 g/mol. The Balaban J connectivity index is 1.27. The van der Waals surface area contributed by atoms with Crippen molar-refractivity contribution in [1.82, 2.24) is 14.9 Å². The molecule has 0 saturated heterocycles. The normalized spacial score (nSPS) is 10.9. The van der Waals surface area contributed by atoms with Crippen molar-refractivity contribution in [2.45, 2.75) is 25.8 Å². The van der Waals surface area contributed by atoms with Gasteiger partial charge in [-0.05, 0) is 61.4 Å². The minimum absolute atomic E-state index is 0.0521. The van der Waals surface area contributed by atoms with Gasteiger partial charge in [-0.1, -0.05) is 47.5 Å². The summed E-state index contributed by atoms with van der Waals surface area (Å²) in [6, 6.07) is 22.5. The molecule has 0 aliphatic carbocycles. The zero-order valence-corrected chi connectivity index (χ0v) is 20.8. The number of nitrogens with zero attached hydrogens (tertiary/aromatic N) is 2. The van der Waals surface area contributed by atoms with Crippen LogP contribution in [0.2, 0.25) is 10.0 Å². The van der Waals surface area contributed by atoms with Crippen molar-refractivity contribution >= 4 is 40.1 Å². The fraction of sp³-hybridized carbons (Fsp3) is 0.259. The van der Waals surface area contributed by atoms with Crippen LogP contribution < -0.4 is 14.8 Å². The number of carbonyl (C=O) groups is 1. The van der Waals surface area contributed by atoms with E-state index in [9.17, 15) is 4.79 Å². The lowest BCUT2D eigenvalue weighted by atomic mass is 10.3. The van der Waals surface area contributed by atoms with Gasteiger partial charge in [0.15, 0.2) is 6.61 Å². The molecule has 0 saturated carbocycles. The van der Waals surface area contributed by atoms with E-state index in [4.69, 9.17) is 37.7 Å². The summed E-state index contributed by atoms with van der Waals surface area (Å²) in [4.78, 5) is 17.0. The Hall–Kier alpha value is -3.22. The number of fused-ring (bicyclic) bond motifs is 1. The van der Waals surface area contributed by atoms with Crippen LogP contribution >= 0.6 is 23.2 Å². The summed E-state index contributed by atoms with van der Waals surface area (Å²) in [5.41, 5.74) is 2.04. The molecular formula is C27H27Cl2N3O3. The molecule has 0 radical (unpaired) electrons. The SMILES string of the molecule is O=C(COc1ccc(Cl)cc1)NCCc1nc2ccccc2n1CCCCOc1ccccc1Cl. The van der Waals surface area contributed by atoms with E-state index in [1.165, 1.54) is 0 Å². The van der Waals surface area contributed by atoms with E-state index in [0.29, 0.717) is 41.1 Å². The van der Waals surface area contributed by atoms with Gasteiger partial charge in [-0.3, -0.25) is 4.79 Å². The second kappa shape index (κ2) is 12.5. The molecular weight excluding hydrogens is 485 g/mol. The molecule has 6 nitrogen and oxygen atoms in total. The van der Waals surface area contributed by atoms with E-state index in [-0.39, 0.29) is 12.5 Å². The topological polar surface area (TPSA) is 65.4 Å². The Morgan fingerprint density at radius 3 is 2.51 bits per heavy atom.